The number of carbonyl (C=O) groups excluding carboxylic acids is 1. The molecule has 0 bridgehead atoms. The van der Waals surface area contributed by atoms with Gasteiger partial charge in [-0.1, -0.05) is 0 Å². The lowest BCUT2D eigenvalue weighted by Gasteiger charge is -2.26. The lowest BCUT2D eigenvalue weighted by molar-refractivity contribution is -0.389. The maximum absolute atomic E-state index is 12.5. The van der Waals surface area contributed by atoms with Crippen LogP contribution in [0.15, 0.2) is 41.4 Å². The summed E-state index contributed by atoms with van der Waals surface area (Å²) in [5, 5.41) is 16.8. The number of morpholine rings is 1. The minimum Gasteiger partial charge on any atom is -0.379 e. The van der Waals surface area contributed by atoms with Crippen LogP contribution in [0.4, 0.5) is 11.5 Å². The van der Waals surface area contributed by atoms with Crippen LogP contribution in [0.5, 0.6) is 0 Å². The Bertz CT molecular complexity index is 934. The minimum atomic E-state index is -3.60. The summed E-state index contributed by atoms with van der Waals surface area (Å²) >= 11 is 0. The van der Waals surface area contributed by atoms with E-state index < -0.39 is 20.9 Å². The second kappa shape index (κ2) is 7.82. The van der Waals surface area contributed by atoms with Crippen LogP contribution in [0.2, 0.25) is 0 Å². The summed E-state index contributed by atoms with van der Waals surface area (Å²) in [5.41, 5.74) is 0.405. The van der Waals surface area contributed by atoms with Crippen LogP contribution >= 0.6 is 0 Å². The number of amides is 1. The van der Waals surface area contributed by atoms with Crippen molar-refractivity contribution in [2.75, 3.05) is 31.6 Å². The van der Waals surface area contributed by atoms with Crippen LogP contribution < -0.4 is 5.32 Å². The summed E-state index contributed by atoms with van der Waals surface area (Å²) in [6, 6.07) is 6.99. The van der Waals surface area contributed by atoms with Crippen LogP contribution in [0, 0.1) is 10.1 Å². The normalized spacial score (nSPS) is 15.4. The van der Waals surface area contributed by atoms with Gasteiger partial charge in [-0.2, -0.15) is 8.99 Å². The maximum atomic E-state index is 12.5. The summed E-state index contributed by atoms with van der Waals surface area (Å²) in [6.07, 6.45) is 1.33. The molecule has 1 amide bonds. The van der Waals surface area contributed by atoms with Crippen molar-refractivity contribution in [3.8, 4) is 0 Å². The van der Waals surface area contributed by atoms with Gasteiger partial charge in [0, 0.05) is 18.8 Å². The number of aromatic nitrogens is 2. The quantitative estimate of drug-likeness (QED) is 0.554. The molecule has 1 aliphatic heterocycles. The van der Waals surface area contributed by atoms with E-state index in [0.29, 0.717) is 32.0 Å². The summed E-state index contributed by atoms with van der Waals surface area (Å²) < 4.78 is 32.7. The number of nitrogens with one attached hydrogen (secondary N) is 1. The van der Waals surface area contributed by atoms with E-state index in [9.17, 15) is 23.3 Å². The third-order valence-electron chi connectivity index (χ3n) is 3.87. The first-order valence-electron chi connectivity index (χ1n) is 8.02. The molecule has 3 rings (SSSR count). The van der Waals surface area contributed by atoms with E-state index in [1.54, 1.807) is 0 Å². The van der Waals surface area contributed by atoms with Crippen molar-refractivity contribution in [1.82, 2.24) is 14.1 Å². The molecule has 12 heteroatoms. The average molecular weight is 395 g/mol. The van der Waals surface area contributed by atoms with Gasteiger partial charge in [0.25, 0.3) is 0 Å². The smallest absolute Gasteiger partial charge is 0.379 e. The number of sulfonamides is 1. The molecule has 0 aliphatic carbocycles. The van der Waals surface area contributed by atoms with Gasteiger partial charge in [-0.3, -0.25) is 4.79 Å². The van der Waals surface area contributed by atoms with E-state index in [0.717, 1.165) is 4.68 Å². The molecule has 1 saturated heterocycles. The van der Waals surface area contributed by atoms with Crippen LogP contribution in [0.1, 0.15) is 0 Å². The van der Waals surface area contributed by atoms with Crippen LogP contribution in [-0.4, -0.2) is 59.6 Å². The molecule has 0 atom stereocenters. The Morgan fingerprint density at radius 3 is 2.48 bits per heavy atom. The van der Waals surface area contributed by atoms with E-state index in [1.165, 1.54) is 40.8 Å². The number of anilines is 1. The zero-order valence-electron chi connectivity index (χ0n) is 14.1. The molecule has 0 saturated carbocycles. The van der Waals surface area contributed by atoms with Gasteiger partial charge in [0.15, 0.2) is 0 Å². The summed E-state index contributed by atoms with van der Waals surface area (Å²) in [6.45, 7) is 1.12. The van der Waals surface area contributed by atoms with Crippen molar-refractivity contribution in [1.29, 1.82) is 0 Å². The molecular weight excluding hydrogens is 378 g/mol. The number of benzene rings is 1. The number of carbonyl (C=O) groups is 1. The Kier molecular flexibility index (Phi) is 5.48. The van der Waals surface area contributed by atoms with E-state index in [4.69, 9.17) is 4.74 Å². The third-order valence-corrected chi connectivity index (χ3v) is 5.78. The van der Waals surface area contributed by atoms with Crippen molar-refractivity contribution < 1.29 is 22.9 Å². The number of rotatable bonds is 6. The first-order valence-corrected chi connectivity index (χ1v) is 9.46. The van der Waals surface area contributed by atoms with Gasteiger partial charge >= 0.3 is 5.82 Å². The predicted molar refractivity (Wildman–Crippen MR) is 93.5 cm³/mol. The SMILES string of the molecule is O=C(Cn1ccc([N+](=O)[O-])n1)Nc1ccc(S(=O)(=O)N2CCOCC2)cc1. The third kappa shape index (κ3) is 4.48. The Balaban J connectivity index is 1.62. The first kappa shape index (κ1) is 18.9. The Hall–Kier alpha value is -2.83. The fraction of sp³-hybridized carbons (Fsp3) is 0.333. The second-order valence-electron chi connectivity index (χ2n) is 5.72. The molecule has 1 N–H and O–H groups in total. The zero-order valence-corrected chi connectivity index (χ0v) is 15.0. The lowest BCUT2D eigenvalue weighted by atomic mass is 10.3. The minimum absolute atomic E-state index is 0.130. The number of nitrogens with zero attached hydrogens (tertiary/aromatic N) is 4. The monoisotopic (exact) mass is 395 g/mol. The molecular formula is C15H17N5O6S. The van der Waals surface area contributed by atoms with E-state index >= 15 is 0 Å². The topological polar surface area (TPSA) is 137 Å². The van der Waals surface area contributed by atoms with Gasteiger partial charge in [0.2, 0.25) is 15.9 Å². The molecule has 144 valence electrons. The molecule has 0 spiro atoms. The van der Waals surface area contributed by atoms with Gasteiger partial charge in [-0.05, 0) is 29.2 Å². The molecule has 0 radical (unpaired) electrons. The Morgan fingerprint density at radius 2 is 1.89 bits per heavy atom. The average Bonchev–Trinajstić information content (AvgIpc) is 3.11. The van der Waals surface area contributed by atoms with Gasteiger partial charge in [-0.25, -0.2) is 8.42 Å². The summed E-state index contributed by atoms with van der Waals surface area (Å²) in [7, 11) is -3.60. The van der Waals surface area contributed by atoms with Gasteiger partial charge < -0.3 is 20.2 Å². The van der Waals surface area contributed by atoms with Crippen LogP contribution in [0.25, 0.3) is 0 Å². The highest BCUT2D eigenvalue weighted by molar-refractivity contribution is 7.89. The predicted octanol–water partition coefficient (Wildman–Crippen LogP) is 0.451. The summed E-state index contributed by atoms with van der Waals surface area (Å²) in [5.74, 6) is -0.794. The molecule has 1 aromatic heterocycles. The fourth-order valence-corrected chi connectivity index (χ4v) is 3.94. The second-order valence-corrected chi connectivity index (χ2v) is 7.66. The van der Waals surface area contributed by atoms with E-state index in [-0.39, 0.29) is 17.3 Å². The first-order chi connectivity index (χ1) is 12.9. The van der Waals surface area contributed by atoms with Crippen molar-refractivity contribution in [2.24, 2.45) is 0 Å². The molecule has 1 aromatic carbocycles. The molecule has 2 heterocycles. The van der Waals surface area contributed by atoms with Crippen molar-refractivity contribution in [3.63, 3.8) is 0 Å². The highest BCUT2D eigenvalue weighted by atomic mass is 32.2. The fourth-order valence-electron chi connectivity index (χ4n) is 2.53. The maximum Gasteiger partial charge on any atom is 0.389 e. The number of hydrogen-bond donors (Lipinski definition) is 1. The largest absolute Gasteiger partial charge is 0.389 e. The van der Waals surface area contributed by atoms with Crippen molar-refractivity contribution in [2.45, 2.75) is 11.4 Å². The highest BCUT2D eigenvalue weighted by Crippen LogP contribution is 2.19. The van der Waals surface area contributed by atoms with Gasteiger partial charge in [-0.15, -0.1) is 0 Å². The lowest BCUT2D eigenvalue weighted by Crippen LogP contribution is -2.40. The molecule has 1 fully saturated rings. The Labute approximate surface area is 154 Å². The molecule has 2 aromatic rings. The standard InChI is InChI=1S/C15H17N5O6S/c21-15(11-18-6-5-14(17-18)20(22)23)16-12-1-3-13(4-2-12)27(24,25)19-7-9-26-10-8-19/h1-6H,7-11H2,(H,16,21). The van der Waals surface area contributed by atoms with Gasteiger partial charge in [0.1, 0.15) is 6.54 Å². The highest BCUT2D eigenvalue weighted by Gasteiger charge is 2.26. The van der Waals surface area contributed by atoms with Crippen molar-refractivity contribution in [3.05, 3.63) is 46.6 Å². The molecule has 0 unspecified atom stereocenters. The van der Waals surface area contributed by atoms with Gasteiger partial charge in [0.05, 0.1) is 35.5 Å². The summed E-state index contributed by atoms with van der Waals surface area (Å²) in [4.78, 5) is 22.1. The van der Waals surface area contributed by atoms with E-state index in [1.807, 2.05) is 0 Å². The van der Waals surface area contributed by atoms with E-state index in [2.05, 4.69) is 10.4 Å². The van der Waals surface area contributed by atoms with Crippen molar-refractivity contribution >= 4 is 27.4 Å². The number of ether oxygens (including phenoxy) is 1. The number of hydrogen-bond acceptors (Lipinski definition) is 7. The molecule has 11 nitrogen and oxygen atoms in total. The van der Waals surface area contributed by atoms with Crippen LogP contribution in [0.3, 0.4) is 0 Å². The number of nitro groups is 1. The molecule has 27 heavy (non-hydrogen) atoms. The zero-order chi connectivity index (χ0) is 19.4. The molecule has 1 aliphatic rings. The Morgan fingerprint density at radius 1 is 1.22 bits per heavy atom. The van der Waals surface area contributed by atoms with Crippen LogP contribution in [-0.2, 0) is 26.1 Å².